The van der Waals surface area contributed by atoms with Crippen molar-refractivity contribution in [1.29, 1.82) is 0 Å². The Labute approximate surface area is 124 Å². The van der Waals surface area contributed by atoms with Gasteiger partial charge in [0, 0.05) is 31.7 Å². The summed E-state index contributed by atoms with van der Waals surface area (Å²) in [5, 5.41) is 4.31. The number of halogens is 1. The smallest absolute Gasteiger partial charge is 0.257 e. The van der Waals surface area contributed by atoms with Gasteiger partial charge in [0.05, 0.1) is 24.0 Å². The summed E-state index contributed by atoms with van der Waals surface area (Å²) in [5.41, 5.74) is 2.47. The quantitative estimate of drug-likeness (QED) is 0.798. The summed E-state index contributed by atoms with van der Waals surface area (Å²) >= 11 is 5.62. The molecule has 6 heteroatoms. The summed E-state index contributed by atoms with van der Waals surface area (Å²) in [7, 11) is 1.87. The Morgan fingerprint density at radius 2 is 2.05 bits per heavy atom. The first-order valence-electron chi connectivity index (χ1n) is 7.01. The minimum absolute atomic E-state index is 0.0869. The number of rotatable bonds is 4. The third kappa shape index (κ3) is 3.15. The lowest BCUT2D eigenvalue weighted by atomic mass is 10.1. The highest BCUT2D eigenvalue weighted by Crippen LogP contribution is 2.19. The molecule has 0 atom stereocenters. The van der Waals surface area contributed by atoms with Gasteiger partial charge >= 0.3 is 0 Å². The van der Waals surface area contributed by atoms with E-state index in [1.807, 2.05) is 25.8 Å². The van der Waals surface area contributed by atoms with E-state index in [1.54, 1.807) is 4.68 Å². The molecule has 0 saturated carbocycles. The maximum absolute atomic E-state index is 12.6. The second-order valence-electron chi connectivity index (χ2n) is 5.22. The Morgan fingerprint density at radius 1 is 1.40 bits per heavy atom. The Bertz CT molecular complexity index is 479. The molecule has 0 aliphatic carbocycles. The van der Waals surface area contributed by atoms with Gasteiger partial charge in [-0.2, -0.15) is 5.10 Å². The highest BCUT2D eigenvalue weighted by Gasteiger charge is 2.27. The number of nitrogens with zero attached hydrogens (tertiary/aromatic N) is 3. The van der Waals surface area contributed by atoms with Crippen molar-refractivity contribution in [2.75, 3.05) is 25.6 Å². The number of piperidine rings is 1. The Kier molecular flexibility index (Phi) is 5.05. The van der Waals surface area contributed by atoms with Gasteiger partial charge in [0.15, 0.2) is 0 Å². The monoisotopic (exact) mass is 299 g/mol. The third-order valence-electron chi connectivity index (χ3n) is 3.88. The number of likely N-dealkylation sites (tertiary alicyclic amines) is 1. The summed E-state index contributed by atoms with van der Waals surface area (Å²) < 4.78 is 7.39. The van der Waals surface area contributed by atoms with Crippen LogP contribution in [0.2, 0.25) is 0 Å². The number of aryl methyl sites for hydroxylation is 2. The van der Waals surface area contributed by atoms with Crippen molar-refractivity contribution in [3.8, 4) is 0 Å². The number of hydrogen-bond acceptors (Lipinski definition) is 3. The fourth-order valence-corrected chi connectivity index (χ4v) is 2.77. The summed E-state index contributed by atoms with van der Waals surface area (Å²) in [5.74, 6) is 0.608. The first kappa shape index (κ1) is 15.3. The van der Waals surface area contributed by atoms with E-state index < -0.39 is 0 Å². The number of hydrogen-bond donors (Lipinski definition) is 0. The number of carbonyl (C=O) groups excluding carboxylic acids is 1. The number of aromatic nitrogens is 2. The molecule has 1 aromatic heterocycles. The van der Waals surface area contributed by atoms with Gasteiger partial charge in [-0.15, -0.1) is 11.6 Å². The van der Waals surface area contributed by atoms with Crippen molar-refractivity contribution in [2.24, 2.45) is 7.05 Å². The topological polar surface area (TPSA) is 47.4 Å². The second-order valence-corrected chi connectivity index (χ2v) is 5.60. The molecule has 0 radical (unpaired) electrons. The summed E-state index contributed by atoms with van der Waals surface area (Å²) in [4.78, 5) is 14.5. The molecule has 0 unspecified atom stereocenters. The number of carbonyl (C=O) groups is 1. The lowest BCUT2D eigenvalue weighted by Crippen LogP contribution is -2.41. The van der Waals surface area contributed by atoms with Crippen molar-refractivity contribution in [1.82, 2.24) is 14.7 Å². The molecule has 5 nitrogen and oxygen atoms in total. The van der Waals surface area contributed by atoms with Crippen molar-refractivity contribution < 1.29 is 9.53 Å². The van der Waals surface area contributed by atoms with Crippen LogP contribution in [0.3, 0.4) is 0 Å². The van der Waals surface area contributed by atoms with Crippen LogP contribution in [0.5, 0.6) is 0 Å². The standard InChI is InChI=1S/C14H22ClN3O2/c1-10-13(11(2)17(3)16-10)14(19)18-7-4-12(5-8-18)20-9-6-15/h12H,4-9H2,1-3H3. The van der Waals surface area contributed by atoms with E-state index in [0.29, 0.717) is 12.5 Å². The molecule has 112 valence electrons. The first-order chi connectivity index (χ1) is 9.54. The van der Waals surface area contributed by atoms with Gasteiger partial charge in [0.1, 0.15) is 0 Å². The van der Waals surface area contributed by atoms with E-state index in [1.165, 1.54) is 0 Å². The van der Waals surface area contributed by atoms with E-state index in [2.05, 4.69) is 5.10 Å². The third-order valence-corrected chi connectivity index (χ3v) is 4.04. The van der Waals surface area contributed by atoms with E-state index in [0.717, 1.165) is 42.9 Å². The lowest BCUT2D eigenvalue weighted by molar-refractivity contribution is 0.0153. The number of ether oxygens (including phenoxy) is 1. The van der Waals surface area contributed by atoms with Gasteiger partial charge in [0.25, 0.3) is 5.91 Å². The van der Waals surface area contributed by atoms with Gasteiger partial charge < -0.3 is 9.64 Å². The first-order valence-corrected chi connectivity index (χ1v) is 7.55. The minimum Gasteiger partial charge on any atom is -0.377 e. The molecule has 0 aromatic carbocycles. The van der Waals surface area contributed by atoms with Gasteiger partial charge in [-0.05, 0) is 26.7 Å². The maximum atomic E-state index is 12.6. The van der Waals surface area contributed by atoms with Crippen LogP contribution in [0, 0.1) is 13.8 Å². The van der Waals surface area contributed by atoms with Gasteiger partial charge in [0.2, 0.25) is 0 Å². The van der Waals surface area contributed by atoms with Gasteiger partial charge in [-0.25, -0.2) is 0 Å². The predicted molar refractivity (Wildman–Crippen MR) is 78.3 cm³/mol. The molecular formula is C14H22ClN3O2. The molecule has 20 heavy (non-hydrogen) atoms. The van der Waals surface area contributed by atoms with Crippen LogP contribution in [0.4, 0.5) is 0 Å². The van der Waals surface area contributed by atoms with Crippen molar-refractivity contribution in [2.45, 2.75) is 32.8 Å². The molecule has 0 bridgehead atoms. The van der Waals surface area contributed by atoms with Crippen LogP contribution < -0.4 is 0 Å². The normalized spacial score (nSPS) is 16.7. The highest BCUT2D eigenvalue weighted by atomic mass is 35.5. The molecule has 2 rings (SSSR count). The van der Waals surface area contributed by atoms with Crippen LogP contribution >= 0.6 is 11.6 Å². The second kappa shape index (κ2) is 6.59. The number of alkyl halides is 1. The molecule has 0 spiro atoms. The van der Waals surface area contributed by atoms with E-state index in [4.69, 9.17) is 16.3 Å². The van der Waals surface area contributed by atoms with Crippen LogP contribution in [-0.4, -0.2) is 52.3 Å². The van der Waals surface area contributed by atoms with Crippen LogP contribution in [-0.2, 0) is 11.8 Å². The van der Waals surface area contributed by atoms with Crippen LogP contribution in [0.1, 0.15) is 34.6 Å². The fourth-order valence-electron chi connectivity index (χ4n) is 2.68. The van der Waals surface area contributed by atoms with E-state index in [-0.39, 0.29) is 12.0 Å². The van der Waals surface area contributed by atoms with Crippen molar-refractivity contribution >= 4 is 17.5 Å². The largest absolute Gasteiger partial charge is 0.377 e. The molecule has 2 heterocycles. The Hall–Kier alpha value is -1.07. The van der Waals surface area contributed by atoms with E-state index >= 15 is 0 Å². The number of amides is 1. The van der Waals surface area contributed by atoms with Crippen molar-refractivity contribution in [3.05, 3.63) is 17.0 Å². The average Bonchev–Trinajstić information content (AvgIpc) is 2.70. The van der Waals surface area contributed by atoms with Gasteiger partial charge in [-0.1, -0.05) is 0 Å². The van der Waals surface area contributed by atoms with Crippen LogP contribution in [0.25, 0.3) is 0 Å². The predicted octanol–water partition coefficient (Wildman–Crippen LogP) is 1.90. The molecule has 1 aliphatic heterocycles. The maximum Gasteiger partial charge on any atom is 0.257 e. The zero-order valence-electron chi connectivity index (χ0n) is 12.4. The zero-order valence-corrected chi connectivity index (χ0v) is 13.1. The SMILES string of the molecule is Cc1nn(C)c(C)c1C(=O)N1CCC(OCCCl)CC1. The average molecular weight is 300 g/mol. The summed E-state index contributed by atoms with van der Waals surface area (Å²) in [6, 6.07) is 0. The molecule has 1 amide bonds. The van der Waals surface area contributed by atoms with E-state index in [9.17, 15) is 4.79 Å². The molecule has 1 aliphatic rings. The minimum atomic E-state index is 0.0869. The molecule has 1 fully saturated rings. The zero-order chi connectivity index (χ0) is 14.7. The summed E-state index contributed by atoms with van der Waals surface area (Å²) in [6.45, 7) is 5.88. The molecule has 1 aromatic rings. The van der Waals surface area contributed by atoms with Gasteiger partial charge in [-0.3, -0.25) is 9.48 Å². The molecular weight excluding hydrogens is 278 g/mol. The summed E-state index contributed by atoms with van der Waals surface area (Å²) in [6.07, 6.45) is 1.98. The fraction of sp³-hybridized carbons (Fsp3) is 0.714. The molecule has 1 saturated heterocycles. The highest BCUT2D eigenvalue weighted by molar-refractivity contribution is 6.17. The Morgan fingerprint density at radius 3 is 2.55 bits per heavy atom. The lowest BCUT2D eigenvalue weighted by Gasteiger charge is -2.32. The Balaban J connectivity index is 1.98. The van der Waals surface area contributed by atoms with Crippen LogP contribution in [0.15, 0.2) is 0 Å². The molecule has 0 N–H and O–H groups in total. The van der Waals surface area contributed by atoms with Crippen molar-refractivity contribution in [3.63, 3.8) is 0 Å².